The second-order valence-electron chi connectivity index (χ2n) is 4.92. The van der Waals surface area contributed by atoms with Crippen molar-refractivity contribution in [1.29, 1.82) is 0 Å². The van der Waals surface area contributed by atoms with Crippen LogP contribution in [0.2, 0.25) is 0 Å². The maximum atomic E-state index is 4.27. The number of aromatic nitrogens is 2. The van der Waals surface area contributed by atoms with Gasteiger partial charge in [-0.2, -0.15) is 0 Å². The van der Waals surface area contributed by atoms with Crippen molar-refractivity contribution >= 4 is 5.95 Å². The summed E-state index contributed by atoms with van der Waals surface area (Å²) in [5, 5.41) is 6.84. The van der Waals surface area contributed by atoms with Gasteiger partial charge >= 0.3 is 0 Å². The summed E-state index contributed by atoms with van der Waals surface area (Å²) in [5.41, 5.74) is 3.90. The Bertz CT molecular complexity index is 550. The number of nitrogens with one attached hydrogen (secondary N) is 2. The fraction of sp³-hybridized carbons (Fsp3) is 0.333. The lowest BCUT2D eigenvalue weighted by atomic mass is 9.94. The first kappa shape index (κ1) is 12.1. The molecular weight excluding hydrogens is 236 g/mol. The lowest BCUT2D eigenvalue weighted by molar-refractivity contribution is 0.522. The summed E-state index contributed by atoms with van der Waals surface area (Å²) < 4.78 is 0. The lowest BCUT2D eigenvalue weighted by Gasteiger charge is -2.27. The zero-order valence-corrected chi connectivity index (χ0v) is 11.1. The first-order valence-electron chi connectivity index (χ1n) is 6.66. The summed E-state index contributed by atoms with van der Waals surface area (Å²) in [6, 6.07) is 8.95. The SMILES string of the molecule is Cc1cnc(NCC2NCCc3ccccc32)nc1. The van der Waals surface area contributed by atoms with Gasteiger partial charge in [-0.05, 0) is 36.6 Å². The van der Waals surface area contributed by atoms with Gasteiger partial charge < -0.3 is 10.6 Å². The van der Waals surface area contributed by atoms with Crippen LogP contribution in [0.1, 0.15) is 22.7 Å². The predicted molar refractivity (Wildman–Crippen MR) is 76.1 cm³/mol. The van der Waals surface area contributed by atoms with Crippen molar-refractivity contribution in [3.05, 3.63) is 53.3 Å². The van der Waals surface area contributed by atoms with Crippen molar-refractivity contribution in [1.82, 2.24) is 15.3 Å². The molecule has 0 radical (unpaired) electrons. The Morgan fingerprint density at radius 2 is 2.05 bits per heavy atom. The van der Waals surface area contributed by atoms with Gasteiger partial charge in [-0.1, -0.05) is 24.3 Å². The quantitative estimate of drug-likeness (QED) is 0.880. The van der Waals surface area contributed by atoms with Gasteiger partial charge in [-0.15, -0.1) is 0 Å². The molecule has 98 valence electrons. The molecule has 2 heterocycles. The average molecular weight is 254 g/mol. The number of aryl methyl sites for hydroxylation is 1. The molecule has 0 spiro atoms. The minimum absolute atomic E-state index is 0.329. The molecule has 0 fully saturated rings. The largest absolute Gasteiger partial charge is 0.352 e. The molecule has 1 atom stereocenters. The highest BCUT2D eigenvalue weighted by molar-refractivity contribution is 5.34. The highest BCUT2D eigenvalue weighted by Crippen LogP contribution is 2.22. The Morgan fingerprint density at radius 3 is 2.89 bits per heavy atom. The fourth-order valence-electron chi connectivity index (χ4n) is 2.45. The van der Waals surface area contributed by atoms with Crippen molar-refractivity contribution in [2.24, 2.45) is 0 Å². The summed E-state index contributed by atoms with van der Waals surface area (Å²) in [5.74, 6) is 0.690. The number of benzene rings is 1. The zero-order chi connectivity index (χ0) is 13.1. The van der Waals surface area contributed by atoms with E-state index in [-0.39, 0.29) is 0 Å². The molecule has 4 heteroatoms. The minimum Gasteiger partial charge on any atom is -0.352 e. The van der Waals surface area contributed by atoms with E-state index in [0.717, 1.165) is 25.1 Å². The molecule has 1 unspecified atom stereocenters. The lowest BCUT2D eigenvalue weighted by Crippen LogP contribution is -2.34. The van der Waals surface area contributed by atoms with Gasteiger partial charge in [-0.25, -0.2) is 9.97 Å². The number of hydrogen-bond acceptors (Lipinski definition) is 4. The van der Waals surface area contributed by atoms with Crippen LogP contribution < -0.4 is 10.6 Å². The highest BCUT2D eigenvalue weighted by Gasteiger charge is 2.18. The van der Waals surface area contributed by atoms with E-state index < -0.39 is 0 Å². The van der Waals surface area contributed by atoms with E-state index in [1.807, 2.05) is 19.3 Å². The van der Waals surface area contributed by atoms with Crippen LogP contribution in [0.15, 0.2) is 36.7 Å². The van der Waals surface area contributed by atoms with Crippen molar-refractivity contribution in [3.8, 4) is 0 Å². The van der Waals surface area contributed by atoms with E-state index in [9.17, 15) is 0 Å². The number of nitrogens with zero attached hydrogens (tertiary/aromatic N) is 2. The average Bonchev–Trinajstić information content (AvgIpc) is 2.47. The van der Waals surface area contributed by atoms with E-state index in [1.165, 1.54) is 11.1 Å². The second kappa shape index (κ2) is 5.36. The molecule has 1 aromatic carbocycles. The molecule has 2 aromatic rings. The van der Waals surface area contributed by atoms with Crippen LogP contribution in [-0.4, -0.2) is 23.1 Å². The number of anilines is 1. The van der Waals surface area contributed by atoms with Crippen LogP contribution in [-0.2, 0) is 6.42 Å². The summed E-state index contributed by atoms with van der Waals surface area (Å²) in [6.07, 6.45) is 4.77. The highest BCUT2D eigenvalue weighted by atomic mass is 15.1. The normalized spacial score (nSPS) is 17.8. The van der Waals surface area contributed by atoms with Gasteiger partial charge in [0.05, 0.1) is 0 Å². The third-order valence-electron chi connectivity index (χ3n) is 3.46. The number of fused-ring (bicyclic) bond motifs is 1. The molecule has 1 aromatic heterocycles. The van der Waals surface area contributed by atoms with Crippen molar-refractivity contribution in [3.63, 3.8) is 0 Å². The fourth-order valence-corrected chi connectivity index (χ4v) is 2.45. The van der Waals surface area contributed by atoms with Gasteiger partial charge in [0, 0.05) is 25.0 Å². The topological polar surface area (TPSA) is 49.8 Å². The van der Waals surface area contributed by atoms with E-state index in [4.69, 9.17) is 0 Å². The second-order valence-corrected chi connectivity index (χ2v) is 4.92. The minimum atomic E-state index is 0.329. The van der Waals surface area contributed by atoms with E-state index in [0.29, 0.717) is 12.0 Å². The summed E-state index contributed by atoms with van der Waals surface area (Å²) in [6.45, 7) is 3.82. The Hall–Kier alpha value is -1.94. The van der Waals surface area contributed by atoms with Crippen LogP contribution in [0, 0.1) is 6.92 Å². The summed E-state index contributed by atoms with van der Waals surface area (Å²) in [7, 11) is 0. The molecule has 0 bridgehead atoms. The molecule has 19 heavy (non-hydrogen) atoms. The van der Waals surface area contributed by atoms with Crippen LogP contribution in [0.3, 0.4) is 0 Å². The number of hydrogen-bond donors (Lipinski definition) is 2. The molecule has 0 aliphatic carbocycles. The molecule has 4 nitrogen and oxygen atoms in total. The van der Waals surface area contributed by atoms with E-state index >= 15 is 0 Å². The Kier molecular flexibility index (Phi) is 3.42. The summed E-state index contributed by atoms with van der Waals surface area (Å²) in [4.78, 5) is 8.54. The molecule has 3 rings (SSSR count). The standard InChI is InChI=1S/C15H18N4/c1-11-8-17-15(18-9-11)19-10-14-13-5-3-2-4-12(13)6-7-16-14/h2-5,8-9,14,16H,6-7,10H2,1H3,(H,17,18,19). The van der Waals surface area contributed by atoms with Crippen LogP contribution >= 0.6 is 0 Å². The monoisotopic (exact) mass is 254 g/mol. The zero-order valence-electron chi connectivity index (χ0n) is 11.1. The maximum absolute atomic E-state index is 4.27. The molecule has 0 amide bonds. The third-order valence-corrected chi connectivity index (χ3v) is 3.46. The van der Waals surface area contributed by atoms with Crippen molar-refractivity contribution in [2.45, 2.75) is 19.4 Å². The Morgan fingerprint density at radius 1 is 1.26 bits per heavy atom. The first-order chi connectivity index (χ1) is 9.33. The molecule has 0 saturated heterocycles. The molecule has 1 aliphatic rings. The molecule has 1 aliphatic heterocycles. The van der Waals surface area contributed by atoms with Crippen LogP contribution in [0.25, 0.3) is 0 Å². The van der Waals surface area contributed by atoms with Gasteiger partial charge in [0.15, 0.2) is 0 Å². The van der Waals surface area contributed by atoms with Crippen LogP contribution in [0.4, 0.5) is 5.95 Å². The van der Waals surface area contributed by atoms with E-state index in [1.54, 1.807) is 0 Å². The molecular formula is C15H18N4. The number of rotatable bonds is 3. The molecule has 2 N–H and O–H groups in total. The van der Waals surface area contributed by atoms with Gasteiger partial charge in [0.1, 0.15) is 0 Å². The maximum Gasteiger partial charge on any atom is 0.222 e. The first-order valence-corrected chi connectivity index (χ1v) is 6.66. The molecule has 0 saturated carbocycles. The smallest absolute Gasteiger partial charge is 0.222 e. The van der Waals surface area contributed by atoms with Gasteiger partial charge in [0.2, 0.25) is 5.95 Å². The van der Waals surface area contributed by atoms with Gasteiger partial charge in [0.25, 0.3) is 0 Å². The van der Waals surface area contributed by atoms with Gasteiger partial charge in [-0.3, -0.25) is 0 Å². The summed E-state index contributed by atoms with van der Waals surface area (Å²) >= 11 is 0. The van der Waals surface area contributed by atoms with E-state index in [2.05, 4.69) is 44.9 Å². The predicted octanol–water partition coefficient (Wildman–Crippen LogP) is 2.08. The van der Waals surface area contributed by atoms with Crippen molar-refractivity contribution < 1.29 is 0 Å². The third kappa shape index (κ3) is 2.74. The Balaban J connectivity index is 1.69. The van der Waals surface area contributed by atoms with Crippen LogP contribution in [0.5, 0.6) is 0 Å². The Labute approximate surface area is 113 Å². The van der Waals surface area contributed by atoms with Crippen molar-refractivity contribution in [2.75, 3.05) is 18.4 Å².